The van der Waals surface area contributed by atoms with Crippen molar-refractivity contribution in [2.75, 3.05) is 15.5 Å². The number of allylic oxidation sites excluding steroid dienone is 1. The van der Waals surface area contributed by atoms with Crippen LogP contribution in [0.4, 0.5) is 17.1 Å². The zero-order valence-electron chi connectivity index (χ0n) is 17.9. The van der Waals surface area contributed by atoms with E-state index in [1.54, 1.807) is 54.6 Å². The first-order chi connectivity index (χ1) is 15.6. The van der Waals surface area contributed by atoms with Crippen LogP contribution in [-0.4, -0.2) is 23.8 Å². The highest BCUT2D eigenvalue weighted by Gasteiger charge is 2.62. The number of amides is 3. The minimum atomic E-state index is -1.01. The maximum atomic E-state index is 13.7. The van der Waals surface area contributed by atoms with Gasteiger partial charge in [0.2, 0.25) is 17.7 Å². The summed E-state index contributed by atoms with van der Waals surface area (Å²) < 4.78 is 0.0963. The molecule has 0 bridgehead atoms. The van der Waals surface area contributed by atoms with E-state index in [0.717, 1.165) is 0 Å². The molecular weight excluding hydrogens is 485 g/mol. The molecule has 6 nitrogen and oxygen atoms in total. The number of nitrogens with zero attached hydrogens (tertiary/aromatic N) is 1. The lowest BCUT2D eigenvalue weighted by atomic mass is 10.0. The van der Waals surface area contributed by atoms with Crippen molar-refractivity contribution in [3.8, 4) is 0 Å². The van der Waals surface area contributed by atoms with Crippen LogP contribution in [0.1, 0.15) is 20.3 Å². The summed E-state index contributed by atoms with van der Waals surface area (Å²) in [5, 5.41) is 6.11. The van der Waals surface area contributed by atoms with Gasteiger partial charge < -0.3 is 10.6 Å². The number of rotatable bonds is 5. The minimum Gasteiger partial charge on any atom is -0.326 e. The Hall–Kier alpha value is -2.54. The van der Waals surface area contributed by atoms with Crippen LogP contribution >= 0.6 is 34.8 Å². The molecule has 1 fully saturated rings. The van der Waals surface area contributed by atoms with Crippen LogP contribution < -0.4 is 15.5 Å². The van der Waals surface area contributed by atoms with Crippen molar-refractivity contribution >= 4 is 69.6 Å². The second kappa shape index (κ2) is 9.01. The third-order valence-corrected chi connectivity index (χ3v) is 6.77. The summed E-state index contributed by atoms with van der Waals surface area (Å²) in [7, 11) is 0. The second-order valence-electron chi connectivity index (χ2n) is 8.77. The summed E-state index contributed by atoms with van der Waals surface area (Å²) in [6.45, 7) is 3.90. The van der Waals surface area contributed by atoms with Crippen molar-refractivity contribution in [3.63, 3.8) is 0 Å². The SMILES string of the molecule is CC1(C)C(C=C(Cl)Cl)C1C(=O)N1c2ccccc2NC(=O)C1CC(=O)Nc1ccc(Cl)cc1. The monoisotopic (exact) mass is 505 g/mol. The summed E-state index contributed by atoms with van der Waals surface area (Å²) in [6, 6.07) is 12.7. The maximum absolute atomic E-state index is 13.7. The van der Waals surface area contributed by atoms with Crippen LogP contribution in [0.3, 0.4) is 0 Å². The molecular formula is C24H22Cl3N3O3. The molecule has 3 unspecified atom stereocenters. The Morgan fingerprint density at radius 3 is 2.45 bits per heavy atom. The number of nitrogens with one attached hydrogen (secondary N) is 2. The minimum absolute atomic E-state index is 0.0963. The largest absolute Gasteiger partial charge is 0.326 e. The van der Waals surface area contributed by atoms with E-state index >= 15 is 0 Å². The van der Waals surface area contributed by atoms with Crippen molar-refractivity contribution in [1.29, 1.82) is 0 Å². The third-order valence-electron chi connectivity index (χ3n) is 6.26. The van der Waals surface area contributed by atoms with Gasteiger partial charge in [-0.25, -0.2) is 0 Å². The molecule has 1 saturated carbocycles. The van der Waals surface area contributed by atoms with E-state index in [1.165, 1.54) is 4.90 Å². The lowest BCUT2D eigenvalue weighted by Crippen LogP contribution is -2.53. The molecule has 2 N–H and O–H groups in total. The maximum Gasteiger partial charge on any atom is 0.248 e. The number of hydrogen-bond acceptors (Lipinski definition) is 3. The molecule has 3 amide bonds. The molecule has 0 aromatic heterocycles. The Labute approximate surface area is 206 Å². The Morgan fingerprint density at radius 2 is 1.79 bits per heavy atom. The predicted octanol–water partition coefficient (Wildman–Crippen LogP) is 5.61. The second-order valence-corrected chi connectivity index (χ2v) is 10.2. The number of hydrogen-bond donors (Lipinski definition) is 2. The van der Waals surface area contributed by atoms with Crippen molar-refractivity contribution in [2.45, 2.75) is 26.3 Å². The van der Waals surface area contributed by atoms with Crippen LogP contribution in [0, 0.1) is 17.3 Å². The van der Waals surface area contributed by atoms with E-state index in [2.05, 4.69) is 10.6 Å². The van der Waals surface area contributed by atoms with Gasteiger partial charge in [0.15, 0.2) is 0 Å². The topological polar surface area (TPSA) is 78.5 Å². The smallest absolute Gasteiger partial charge is 0.248 e. The van der Waals surface area contributed by atoms with Gasteiger partial charge in [-0.2, -0.15) is 0 Å². The highest BCUT2D eigenvalue weighted by Crippen LogP contribution is 2.61. The molecule has 1 aliphatic heterocycles. The molecule has 2 aromatic carbocycles. The zero-order chi connectivity index (χ0) is 23.9. The van der Waals surface area contributed by atoms with E-state index in [0.29, 0.717) is 22.1 Å². The van der Waals surface area contributed by atoms with E-state index in [9.17, 15) is 14.4 Å². The van der Waals surface area contributed by atoms with Gasteiger partial charge in [0, 0.05) is 10.7 Å². The number of carbonyl (C=O) groups excluding carboxylic acids is 3. The van der Waals surface area contributed by atoms with Gasteiger partial charge in [-0.05, 0) is 53.8 Å². The fraction of sp³-hybridized carbons (Fsp3) is 0.292. The molecule has 4 rings (SSSR count). The van der Waals surface area contributed by atoms with Gasteiger partial charge in [0.25, 0.3) is 0 Å². The Balaban J connectivity index is 1.63. The fourth-order valence-electron chi connectivity index (χ4n) is 4.41. The first kappa shape index (κ1) is 23.6. The molecule has 3 atom stereocenters. The van der Waals surface area contributed by atoms with Crippen molar-refractivity contribution in [1.82, 2.24) is 0 Å². The molecule has 33 heavy (non-hydrogen) atoms. The van der Waals surface area contributed by atoms with E-state index < -0.39 is 23.8 Å². The summed E-state index contributed by atoms with van der Waals surface area (Å²) in [6.07, 6.45) is 1.45. The predicted molar refractivity (Wildman–Crippen MR) is 132 cm³/mol. The Morgan fingerprint density at radius 1 is 1.12 bits per heavy atom. The molecule has 0 saturated heterocycles. The van der Waals surface area contributed by atoms with Crippen molar-refractivity contribution < 1.29 is 14.4 Å². The molecule has 0 radical (unpaired) electrons. The molecule has 9 heteroatoms. The highest BCUT2D eigenvalue weighted by atomic mass is 35.5. The Kier molecular flexibility index (Phi) is 6.45. The van der Waals surface area contributed by atoms with Gasteiger partial charge in [-0.1, -0.05) is 60.8 Å². The average molecular weight is 507 g/mol. The third kappa shape index (κ3) is 4.74. The van der Waals surface area contributed by atoms with Crippen molar-refractivity contribution in [2.24, 2.45) is 17.3 Å². The first-order valence-corrected chi connectivity index (χ1v) is 11.5. The van der Waals surface area contributed by atoms with Gasteiger partial charge in [0.05, 0.1) is 23.7 Å². The summed E-state index contributed by atoms with van der Waals surface area (Å²) in [5.41, 5.74) is 1.23. The number of benzene rings is 2. The molecule has 172 valence electrons. The quantitative estimate of drug-likeness (QED) is 0.553. The molecule has 1 aliphatic carbocycles. The van der Waals surface area contributed by atoms with E-state index in [4.69, 9.17) is 34.8 Å². The average Bonchev–Trinajstić information content (AvgIpc) is 3.28. The standard InChI is InChI=1S/C24H22Cl3N3O3/c1-24(2)15(11-19(26)27)21(24)23(33)30-17-6-4-3-5-16(17)29-22(32)18(30)12-20(31)28-14-9-7-13(25)8-10-14/h3-11,15,18,21H,12H2,1-2H3,(H,28,31)(H,29,32). The Bertz CT molecular complexity index is 1140. The van der Waals surface area contributed by atoms with Gasteiger partial charge >= 0.3 is 0 Å². The normalized spacial score (nSPS) is 22.6. The number of para-hydroxylation sites is 2. The molecule has 0 spiro atoms. The van der Waals surface area contributed by atoms with Crippen LogP contribution in [0.25, 0.3) is 0 Å². The van der Waals surface area contributed by atoms with Crippen LogP contribution in [0.15, 0.2) is 59.1 Å². The van der Waals surface area contributed by atoms with Crippen LogP contribution in [0.5, 0.6) is 0 Å². The lowest BCUT2D eigenvalue weighted by molar-refractivity contribution is -0.127. The van der Waals surface area contributed by atoms with E-state index in [-0.39, 0.29) is 28.2 Å². The summed E-state index contributed by atoms with van der Waals surface area (Å²) in [5.74, 6) is -1.66. The number of halogens is 3. The van der Waals surface area contributed by atoms with Gasteiger partial charge in [0.1, 0.15) is 10.5 Å². The molecule has 2 aromatic rings. The van der Waals surface area contributed by atoms with Gasteiger partial charge in [-0.3, -0.25) is 19.3 Å². The first-order valence-electron chi connectivity index (χ1n) is 10.4. The number of fused-ring (bicyclic) bond motifs is 1. The number of carbonyl (C=O) groups is 3. The van der Waals surface area contributed by atoms with E-state index in [1.807, 2.05) is 13.8 Å². The number of anilines is 3. The van der Waals surface area contributed by atoms with Crippen LogP contribution in [0.2, 0.25) is 5.02 Å². The van der Waals surface area contributed by atoms with Crippen molar-refractivity contribution in [3.05, 3.63) is 64.1 Å². The highest BCUT2D eigenvalue weighted by molar-refractivity contribution is 6.55. The summed E-state index contributed by atoms with van der Waals surface area (Å²) in [4.78, 5) is 41.0. The summed E-state index contributed by atoms with van der Waals surface area (Å²) >= 11 is 17.6. The zero-order valence-corrected chi connectivity index (χ0v) is 20.2. The molecule has 2 aliphatic rings. The molecule has 1 heterocycles. The fourth-order valence-corrected chi connectivity index (χ4v) is 4.81. The van der Waals surface area contributed by atoms with Gasteiger partial charge in [-0.15, -0.1) is 0 Å². The van der Waals surface area contributed by atoms with Crippen LogP contribution in [-0.2, 0) is 14.4 Å². The lowest BCUT2D eigenvalue weighted by Gasteiger charge is -2.36.